The van der Waals surface area contributed by atoms with Crippen LogP contribution >= 0.6 is 0 Å². The van der Waals surface area contributed by atoms with Gasteiger partial charge in [-0.1, -0.05) is 52.0 Å². The number of fused-ring (bicyclic) bond motifs is 1. The first-order chi connectivity index (χ1) is 16.0. The van der Waals surface area contributed by atoms with Gasteiger partial charge >= 0.3 is 0 Å². The highest BCUT2D eigenvalue weighted by Gasteiger charge is 2.51. The van der Waals surface area contributed by atoms with Gasteiger partial charge in [0.05, 0.1) is 23.9 Å². The van der Waals surface area contributed by atoms with Gasteiger partial charge in [-0.2, -0.15) is 0 Å². The maximum atomic E-state index is 11.1. The maximum absolute atomic E-state index is 11.1. The summed E-state index contributed by atoms with van der Waals surface area (Å²) in [6, 6.07) is 0. The van der Waals surface area contributed by atoms with E-state index in [0.717, 1.165) is 56.1 Å². The highest BCUT2D eigenvalue weighted by Crippen LogP contribution is 2.60. The lowest BCUT2D eigenvalue weighted by molar-refractivity contribution is -0.000322. The Labute approximate surface area is 207 Å². The molecular formula is C30H50O4. The second-order valence-corrected chi connectivity index (χ2v) is 11.9. The first-order valence-corrected chi connectivity index (χ1v) is 13.9. The summed E-state index contributed by atoms with van der Waals surface area (Å²) >= 11 is 0. The Bertz CT molecular complexity index is 764. The lowest BCUT2D eigenvalue weighted by atomic mass is 9.60. The molecule has 34 heavy (non-hydrogen) atoms. The number of aliphatic hydroxyl groups excluding tert-OH is 3. The largest absolute Gasteiger partial charge is 0.393 e. The van der Waals surface area contributed by atoms with Crippen molar-refractivity contribution in [2.24, 2.45) is 23.2 Å². The second-order valence-electron chi connectivity index (χ2n) is 11.9. The van der Waals surface area contributed by atoms with Crippen molar-refractivity contribution >= 4 is 0 Å². The molecule has 3 aliphatic rings. The molecule has 194 valence electrons. The van der Waals surface area contributed by atoms with Crippen molar-refractivity contribution in [3.05, 3.63) is 35.5 Å². The molecule has 0 amide bonds. The molecule has 4 heteroatoms. The predicted octanol–water partition coefficient (Wildman–Crippen LogP) is 5.85. The molecule has 0 heterocycles. The van der Waals surface area contributed by atoms with Gasteiger partial charge in [-0.3, -0.25) is 0 Å². The molecule has 0 aromatic rings. The first-order valence-electron chi connectivity index (χ1n) is 13.9. The van der Waals surface area contributed by atoms with E-state index in [2.05, 4.69) is 32.6 Å². The summed E-state index contributed by atoms with van der Waals surface area (Å²) < 4.78 is 0. The fourth-order valence-corrected chi connectivity index (χ4v) is 7.38. The average molecular weight is 475 g/mol. The number of hydrogen-bond donors (Lipinski definition) is 4. The van der Waals surface area contributed by atoms with E-state index in [1.54, 1.807) is 0 Å². The third kappa shape index (κ3) is 5.88. The van der Waals surface area contributed by atoms with E-state index >= 15 is 0 Å². The van der Waals surface area contributed by atoms with Crippen LogP contribution in [0, 0.1) is 23.2 Å². The summed E-state index contributed by atoms with van der Waals surface area (Å²) in [4.78, 5) is 0. The standard InChI is InChI=1S/C30H50O4/c1-6-30(34,7-2)17-9-11-27(32)21(4)25-14-15-26-22(10-8-16-29(25,26)5)12-13-23-18-24(31)19-28(33)20(23)3/h12-13,21,24-28,31-34H,3,6-11,14-19H2,1-2,4-5H3/b22-12+,23-13-/t21-,24-,25-,26+,27-,28+,29-/m1/s1. The van der Waals surface area contributed by atoms with Crippen LogP contribution < -0.4 is 0 Å². The molecule has 0 aromatic heterocycles. The number of aliphatic hydroxyl groups is 4. The Morgan fingerprint density at radius 2 is 1.88 bits per heavy atom. The van der Waals surface area contributed by atoms with Crippen LogP contribution in [-0.4, -0.2) is 44.3 Å². The lowest BCUT2D eigenvalue weighted by Crippen LogP contribution is -2.39. The Balaban J connectivity index is 1.67. The minimum absolute atomic E-state index is 0.208. The molecule has 3 rings (SSSR count). The van der Waals surface area contributed by atoms with Gasteiger partial charge in [0.2, 0.25) is 0 Å². The fourth-order valence-electron chi connectivity index (χ4n) is 7.38. The van der Waals surface area contributed by atoms with Crippen LogP contribution in [0.4, 0.5) is 0 Å². The predicted molar refractivity (Wildman–Crippen MR) is 139 cm³/mol. The SMILES string of the molecule is C=C1/C(=C\C=C2/CCC[C@]3(C)[C@@H]([C@@H](C)[C@H](O)CCCC(O)(CC)CC)CC[C@@H]23)C[C@@H](O)C[C@@H]1O. The van der Waals surface area contributed by atoms with Gasteiger partial charge in [0.15, 0.2) is 0 Å². The van der Waals surface area contributed by atoms with E-state index in [1.807, 2.05) is 13.8 Å². The summed E-state index contributed by atoms with van der Waals surface area (Å²) in [7, 11) is 0. The molecule has 3 aliphatic carbocycles. The zero-order valence-electron chi connectivity index (χ0n) is 22.1. The lowest BCUT2D eigenvalue weighted by Gasteiger charge is -2.45. The van der Waals surface area contributed by atoms with E-state index in [9.17, 15) is 20.4 Å². The molecule has 4 N–H and O–H groups in total. The van der Waals surface area contributed by atoms with Crippen molar-refractivity contribution in [1.82, 2.24) is 0 Å². The number of hydrogen-bond acceptors (Lipinski definition) is 4. The van der Waals surface area contributed by atoms with Crippen LogP contribution in [0.15, 0.2) is 35.5 Å². The van der Waals surface area contributed by atoms with Crippen LogP contribution in [0.5, 0.6) is 0 Å². The smallest absolute Gasteiger partial charge is 0.0811 e. The van der Waals surface area contributed by atoms with Gasteiger partial charge in [-0.25, -0.2) is 0 Å². The van der Waals surface area contributed by atoms with Crippen molar-refractivity contribution in [3.8, 4) is 0 Å². The highest BCUT2D eigenvalue weighted by atomic mass is 16.3. The number of allylic oxidation sites excluding steroid dienone is 3. The van der Waals surface area contributed by atoms with Gasteiger partial charge in [0, 0.05) is 6.42 Å². The third-order valence-electron chi connectivity index (χ3n) is 10.0. The molecule has 0 radical (unpaired) electrons. The summed E-state index contributed by atoms with van der Waals surface area (Å²) in [6.07, 6.45) is 13.6. The Kier molecular flexibility index (Phi) is 9.28. The Morgan fingerprint density at radius 3 is 2.56 bits per heavy atom. The molecule has 3 saturated carbocycles. The fraction of sp³-hybridized carbons (Fsp3) is 0.800. The van der Waals surface area contributed by atoms with Crippen LogP contribution in [-0.2, 0) is 0 Å². The van der Waals surface area contributed by atoms with Crippen molar-refractivity contribution in [2.45, 2.75) is 129 Å². The van der Waals surface area contributed by atoms with Gasteiger partial charge in [0.1, 0.15) is 0 Å². The zero-order chi connectivity index (χ0) is 25.1. The quantitative estimate of drug-likeness (QED) is 0.338. The molecule has 7 atom stereocenters. The molecule has 0 bridgehead atoms. The van der Waals surface area contributed by atoms with Crippen LogP contribution in [0.25, 0.3) is 0 Å². The van der Waals surface area contributed by atoms with E-state index in [4.69, 9.17) is 0 Å². The van der Waals surface area contributed by atoms with Crippen molar-refractivity contribution in [2.75, 3.05) is 0 Å². The van der Waals surface area contributed by atoms with Crippen molar-refractivity contribution < 1.29 is 20.4 Å². The summed E-state index contributed by atoms with van der Waals surface area (Å²) in [6.45, 7) is 12.8. The number of rotatable bonds is 9. The normalized spacial score (nSPS) is 36.6. The van der Waals surface area contributed by atoms with Crippen LogP contribution in [0.1, 0.15) is 105 Å². The van der Waals surface area contributed by atoms with Gasteiger partial charge in [-0.05, 0) is 105 Å². The highest BCUT2D eigenvalue weighted by molar-refractivity contribution is 5.38. The summed E-state index contributed by atoms with van der Waals surface area (Å²) in [5.41, 5.74) is 2.84. The Hall–Kier alpha value is -0.940. The molecular weight excluding hydrogens is 424 g/mol. The van der Waals surface area contributed by atoms with Crippen molar-refractivity contribution in [1.29, 1.82) is 0 Å². The van der Waals surface area contributed by atoms with Gasteiger partial charge in [-0.15, -0.1) is 0 Å². The molecule has 0 saturated heterocycles. The summed E-state index contributed by atoms with van der Waals surface area (Å²) in [5.74, 6) is 1.30. The zero-order valence-corrected chi connectivity index (χ0v) is 22.1. The Morgan fingerprint density at radius 1 is 1.18 bits per heavy atom. The second kappa shape index (κ2) is 11.4. The molecule has 0 aliphatic heterocycles. The van der Waals surface area contributed by atoms with E-state index < -0.39 is 17.8 Å². The first kappa shape index (κ1) is 27.6. The van der Waals surface area contributed by atoms with Crippen LogP contribution in [0.2, 0.25) is 0 Å². The monoisotopic (exact) mass is 474 g/mol. The van der Waals surface area contributed by atoms with Gasteiger partial charge in [0.25, 0.3) is 0 Å². The average Bonchev–Trinajstić information content (AvgIpc) is 3.17. The maximum Gasteiger partial charge on any atom is 0.0811 e. The summed E-state index contributed by atoms with van der Waals surface area (Å²) in [5, 5.41) is 41.9. The molecule has 4 nitrogen and oxygen atoms in total. The van der Waals surface area contributed by atoms with Crippen LogP contribution in [0.3, 0.4) is 0 Å². The third-order valence-corrected chi connectivity index (χ3v) is 10.0. The minimum Gasteiger partial charge on any atom is -0.393 e. The van der Waals surface area contributed by atoms with Crippen molar-refractivity contribution in [3.63, 3.8) is 0 Å². The van der Waals surface area contributed by atoms with E-state index in [1.165, 1.54) is 24.8 Å². The molecule has 0 unspecified atom stereocenters. The molecule has 3 fully saturated rings. The van der Waals surface area contributed by atoms with Gasteiger partial charge < -0.3 is 20.4 Å². The molecule has 0 aromatic carbocycles. The van der Waals surface area contributed by atoms with E-state index in [-0.39, 0.29) is 17.4 Å². The minimum atomic E-state index is -0.645. The van der Waals surface area contributed by atoms with E-state index in [0.29, 0.717) is 24.7 Å². The topological polar surface area (TPSA) is 80.9 Å². The molecule has 0 spiro atoms.